The Labute approximate surface area is 136 Å². The van der Waals surface area contributed by atoms with Gasteiger partial charge < -0.3 is 4.42 Å². The van der Waals surface area contributed by atoms with Gasteiger partial charge in [0.25, 0.3) is 0 Å². The fourth-order valence-corrected chi connectivity index (χ4v) is 2.48. The van der Waals surface area contributed by atoms with Crippen LogP contribution >= 0.6 is 0 Å². The van der Waals surface area contributed by atoms with Gasteiger partial charge in [-0.3, -0.25) is 0 Å². The van der Waals surface area contributed by atoms with Crippen molar-refractivity contribution in [1.29, 1.82) is 0 Å². The first-order chi connectivity index (χ1) is 11.3. The van der Waals surface area contributed by atoms with Crippen LogP contribution in [0.15, 0.2) is 59.0 Å². The molecule has 0 amide bonds. The van der Waals surface area contributed by atoms with E-state index in [0.717, 1.165) is 18.4 Å². The molecule has 0 aliphatic carbocycles. The van der Waals surface area contributed by atoms with Crippen molar-refractivity contribution in [3.63, 3.8) is 0 Å². The van der Waals surface area contributed by atoms with Gasteiger partial charge in [-0.1, -0.05) is 61.4 Å². The van der Waals surface area contributed by atoms with E-state index in [1.807, 2.05) is 48.5 Å². The Bertz CT molecular complexity index is 786. The molecular formula is C20H20N2O. The monoisotopic (exact) mass is 304 g/mol. The van der Waals surface area contributed by atoms with Gasteiger partial charge in [0.1, 0.15) is 0 Å². The maximum absolute atomic E-state index is 5.81. The van der Waals surface area contributed by atoms with Crippen LogP contribution in [-0.4, -0.2) is 10.2 Å². The van der Waals surface area contributed by atoms with Crippen molar-refractivity contribution in [3.05, 3.63) is 71.6 Å². The highest BCUT2D eigenvalue weighted by atomic mass is 16.4. The van der Waals surface area contributed by atoms with Crippen molar-refractivity contribution < 1.29 is 4.42 Å². The molecule has 3 heteroatoms. The van der Waals surface area contributed by atoms with Gasteiger partial charge in [0.05, 0.1) is 0 Å². The van der Waals surface area contributed by atoms with Crippen LogP contribution < -0.4 is 0 Å². The summed E-state index contributed by atoms with van der Waals surface area (Å²) in [6.45, 7) is 4.23. The molecule has 0 aliphatic rings. The number of hydrogen-bond acceptors (Lipinski definition) is 3. The van der Waals surface area contributed by atoms with Gasteiger partial charge in [0.15, 0.2) is 0 Å². The molecular weight excluding hydrogens is 284 g/mol. The molecule has 3 aromatic rings. The second kappa shape index (κ2) is 7.05. The van der Waals surface area contributed by atoms with Crippen LogP contribution in [-0.2, 0) is 0 Å². The maximum Gasteiger partial charge on any atom is 0.248 e. The number of aromatic nitrogens is 2. The van der Waals surface area contributed by atoms with E-state index in [-0.39, 0.29) is 0 Å². The molecule has 3 rings (SSSR count). The van der Waals surface area contributed by atoms with Crippen molar-refractivity contribution in [3.8, 4) is 11.5 Å². The molecule has 0 saturated heterocycles. The van der Waals surface area contributed by atoms with E-state index in [1.54, 1.807) is 0 Å². The van der Waals surface area contributed by atoms with Gasteiger partial charge in [0, 0.05) is 11.6 Å². The summed E-state index contributed by atoms with van der Waals surface area (Å²) in [6.07, 6.45) is 4.04. The lowest BCUT2D eigenvalue weighted by Gasteiger charge is -2.04. The molecule has 23 heavy (non-hydrogen) atoms. The first-order valence-electron chi connectivity index (χ1n) is 7.93. The predicted molar refractivity (Wildman–Crippen MR) is 93.7 cm³/mol. The molecule has 1 heterocycles. The van der Waals surface area contributed by atoms with Crippen LogP contribution in [0.5, 0.6) is 0 Å². The highest BCUT2D eigenvalue weighted by molar-refractivity contribution is 5.79. The summed E-state index contributed by atoms with van der Waals surface area (Å²) in [6, 6.07) is 18.4. The molecule has 0 fully saturated rings. The van der Waals surface area contributed by atoms with Gasteiger partial charge in [-0.25, -0.2) is 0 Å². The summed E-state index contributed by atoms with van der Waals surface area (Å²) in [5.74, 6) is 1.10. The van der Waals surface area contributed by atoms with Crippen molar-refractivity contribution >= 4 is 11.6 Å². The van der Waals surface area contributed by atoms with Gasteiger partial charge >= 0.3 is 0 Å². The summed E-state index contributed by atoms with van der Waals surface area (Å²) in [4.78, 5) is 0. The van der Waals surface area contributed by atoms with Crippen molar-refractivity contribution in [2.24, 2.45) is 0 Å². The SMILES string of the molecule is CCC/C(=C\c1nnc(-c2ccc(C)cc2)o1)c1ccccc1. The van der Waals surface area contributed by atoms with Crippen LogP contribution in [0.1, 0.15) is 36.8 Å². The number of benzene rings is 2. The largest absolute Gasteiger partial charge is 0.417 e. The van der Waals surface area contributed by atoms with E-state index in [4.69, 9.17) is 4.42 Å². The standard InChI is InChI=1S/C20H20N2O/c1-3-7-18(16-8-5-4-6-9-16)14-19-21-22-20(23-19)17-12-10-15(2)11-13-17/h4-6,8-14H,3,7H2,1-2H3/b18-14+. The smallest absolute Gasteiger partial charge is 0.248 e. The maximum atomic E-state index is 5.81. The van der Waals surface area contributed by atoms with Crippen LogP contribution in [0.3, 0.4) is 0 Å². The average Bonchev–Trinajstić information content (AvgIpc) is 3.04. The lowest BCUT2D eigenvalue weighted by atomic mass is 10.0. The minimum atomic E-state index is 0.549. The fourth-order valence-electron chi connectivity index (χ4n) is 2.48. The number of allylic oxidation sites excluding steroid dienone is 1. The quantitative estimate of drug-likeness (QED) is 0.634. The Morgan fingerprint density at radius 1 is 1.00 bits per heavy atom. The molecule has 0 saturated carbocycles. The molecule has 0 unspecified atom stereocenters. The molecule has 0 spiro atoms. The summed E-state index contributed by atoms with van der Waals surface area (Å²) in [7, 11) is 0. The molecule has 3 nitrogen and oxygen atoms in total. The lowest BCUT2D eigenvalue weighted by molar-refractivity contribution is 0.557. The van der Waals surface area contributed by atoms with E-state index in [0.29, 0.717) is 11.8 Å². The molecule has 0 atom stereocenters. The third kappa shape index (κ3) is 3.75. The molecule has 0 radical (unpaired) electrons. The Kier molecular flexibility index (Phi) is 4.67. The highest BCUT2D eigenvalue weighted by Gasteiger charge is 2.08. The topological polar surface area (TPSA) is 38.9 Å². The third-order valence-electron chi connectivity index (χ3n) is 3.70. The summed E-state index contributed by atoms with van der Waals surface area (Å²) < 4.78 is 5.81. The number of hydrogen-bond donors (Lipinski definition) is 0. The van der Waals surface area contributed by atoms with E-state index < -0.39 is 0 Å². The average molecular weight is 304 g/mol. The van der Waals surface area contributed by atoms with Crippen LogP contribution in [0.2, 0.25) is 0 Å². The number of rotatable bonds is 5. The first kappa shape index (κ1) is 15.2. The Morgan fingerprint density at radius 2 is 1.74 bits per heavy atom. The fraction of sp³-hybridized carbons (Fsp3) is 0.200. The highest BCUT2D eigenvalue weighted by Crippen LogP contribution is 2.24. The molecule has 0 bridgehead atoms. The van der Waals surface area contributed by atoms with Crippen LogP contribution in [0.4, 0.5) is 0 Å². The van der Waals surface area contributed by atoms with Crippen molar-refractivity contribution in [2.45, 2.75) is 26.7 Å². The third-order valence-corrected chi connectivity index (χ3v) is 3.70. The summed E-state index contributed by atoms with van der Waals surface area (Å²) in [5, 5.41) is 8.33. The van der Waals surface area contributed by atoms with Gasteiger partial charge in [-0.2, -0.15) is 0 Å². The predicted octanol–water partition coefficient (Wildman–Crippen LogP) is 5.39. The lowest BCUT2D eigenvalue weighted by Crippen LogP contribution is -1.84. The molecule has 1 aromatic heterocycles. The molecule has 116 valence electrons. The van der Waals surface area contributed by atoms with E-state index >= 15 is 0 Å². The molecule has 2 aromatic carbocycles. The van der Waals surface area contributed by atoms with Crippen molar-refractivity contribution in [2.75, 3.05) is 0 Å². The number of nitrogens with zero attached hydrogens (tertiary/aromatic N) is 2. The van der Waals surface area contributed by atoms with Crippen LogP contribution in [0, 0.1) is 6.92 Å². The second-order valence-electron chi connectivity index (χ2n) is 5.60. The normalized spacial score (nSPS) is 11.7. The Balaban J connectivity index is 1.90. The number of aryl methyl sites for hydroxylation is 1. The zero-order valence-corrected chi connectivity index (χ0v) is 13.5. The molecule has 0 aliphatic heterocycles. The van der Waals surface area contributed by atoms with Crippen LogP contribution in [0.25, 0.3) is 23.1 Å². The summed E-state index contributed by atoms with van der Waals surface area (Å²) in [5.41, 5.74) is 4.57. The zero-order chi connectivity index (χ0) is 16.1. The van der Waals surface area contributed by atoms with Crippen molar-refractivity contribution in [1.82, 2.24) is 10.2 Å². The summed E-state index contributed by atoms with van der Waals surface area (Å²) >= 11 is 0. The van der Waals surface area contributed by atoms with Gasteiger partial charge in [-0.05, 0) is 36.6 Å². The second-order valence-corrected chi connectivity index (χ2v) is 5.60. The van der Waals surface area contributed by atoms with Gasteiger partial charge in [-0.15, -0.1) is 10.2 Å². The molecule has 0 N–H and O–H groups in total. The van der Waals surface area contributed by atoms with E-state index in [1.165, 1.54) is 16.7 Å². The van der Waals surface area contributed by atoms with Gasteiger partial charge in [0.2, 0.25) is 11.8 Å². The Hall–Kier alpha value is -2.68. The first-order valence-corrected chi connectivity index (χ1v) is 7.93. The minimum Gasteiger partial charge on any atom is -0.417 e. The Morgan fingerprint density at radius 3 is 2.43 bits per heavy atom. The van der Waals surface area contributed by atoms with E-state index in [2.05, 4.69) is 36.2 Å². The minimum absolute atomic E-state index is 0.549. The van der Waals surface area contributed by atoms with E-state index in [9.17, 15) is 0 Å². The zero-order valence-electron chi connectivity index (χ0n) is 13.5.